The number of pyridine rings is 1. The Balaban J connectivity index is 0.000000136. The average molecular weight is 299 g/mol. The van der Waals surface area contributed by atoms with Crippen LogP contribution in [0.1, 0.15) is 0 Å². The normalized spacial score (nSPS) is 9.74. The van der Waals surface area contributed by atoms with E-state index in [0.29, 0.717) is 0 Å². The summed E-state index contributed by atoms with van der Waals surface area (Å²) in [6.07, 6.45) is 5.50. The fraction of sp³-hybridized carbons (Fsp3) is 0. The molecule has 0 aliphatic carbocycles. The predicted molar refractivity (Wildman–Crippen MR) is 93.2 cm³/mol. The summed E-state index contributed by atoms with van der Waals surface area (Å²) < 4.78 is 1.83. The van der Waals surface area contributed by atoms with Crippen LogP contribution in [0.4, 0.5) is 0 Å². The minimum absolute atomic E-state index is 1.03. The van der Waals surface area contributed by atoms with Crippen molar-refractivity contribution >= 4 is 0 Å². The lowest BCUT2D eigenvalue weighted by atomic mass is 10.1. The molecule has 4 aromatic rings. The molecule has 0 aliphatic rings. The fourth-order valence-corrected chi connectivity index (χ4v) is 2.14. The van der Waals surface area contributed by atoms with Crippen LogP contribution in [0.5, 0.6) is 0 Å². The van der Waals surface area contributed by atoms with Crippen molar-refractivity contribution in [2.75, 3.05) is 0 Å². The quantitative estimate of drug-likeness (QED) is 0.540. The van der Waals surface area contributed by atoms with E-state index >= 15 is 0 Å². The molecule has 3 nitrogen and oxygen atoms in total. The first-order valence-electron chi connectivity index (χ1n) is 7.45. The molecule has 0 unspecified atom stereocenters. The molecule has 0 spiro atoms. The van der Waals surface area contributed by atoms with Gasteiger partial charge in [-0.2, -0.15) is 5.10 Å². The zero-order valence-electron chi connectivity index (χ0n) is 12.7. The zero-order chi connectivity index (χ0) is 15.7. The molecule has 0 aliphatic heterocycles. The summed E-state index contributed by atoms with van der Waals surface area (Å²) in [5.41, 5.74) is 3.29. The van der Waals surface area contributed by atoms with Gasteiger partial charge in [0, 0.05) is 24.2 Å². The van der Waals surface area contributed by atoms with E-state index in [-0.39, 0.29) is 0 Å². The van der Waals surface area contributed by atoms with E-state index in [1.165, 1.54) is 0 Å². The number of benzene rings is 2. The highest BCUT2D eigenvalue weighted by atomic mass is 15.3. The maximum absolute atomic E-state index is 4.25. The van der Waals surface area contributed by atoms with Gasteiger partial charge in [0.15, 0.2) is 0 Å². The summed E-state index contributed by atoms with van der Waals surface area (Å²) in [6.45, 7) is 0. The molecule has 0 saturated heterocycles. The van der Waals surface area contributed by atoms with Gasteiger partial charge in [-0.05, 0) is 30.3 Å². The third-order valence-electron chi connectivity index (χ3n) is 3.26. The van der Waals surface area contributed by atoms with Crippen molar-refractivity contribution < 1.29 is 0 Å². The Bertz CT molecular complexity index is 758. The highest BCUT2D eigenvalue weighted by Gasteiger charge is 1.93. The van der Waals surface area contributed by atoms with E-state index < -0.39 is 0 Å². The van der Waals surface area contributed by atoms with Gasteiger partial charge < -0.3 is 0 Å². The third kappa shape index (κ3) is 4.14. The molecule has 0 amide bonds. The lowest BCUT2D eigenvalue weighted by Crippen LogP contribution is -1.91. The van der Waals surface area contributed by atoms with E-state index in [2.05, 4.69) is 22.2 Å². The van der Waals surface area contributed by atoms with Crippen molar-refractivity contribution in [3.63, 3.8) is 0 Å². The van der Waals surface area contributed by atoms with Crippen molar-refractivity contribution in [3.8, 4) is 16.9 Å². The number of hydrogen-bond donors (Lipinski definition) is 0. The minimum Gasteiger partial charge on any atom is -0.256 e. The Hall–Kier alpha value is -3.20. The SMILES string of the molecule is c1ccc(-c2ccccn2)cc1.c1ccc(-n2cccn2)cc1. The highest BCUT2D eigenvalue weighted by Crippen LogP contribution is 2.14. The Labute approximate surface area is 135 Å². The van der Waals surface area contributed by atoms with Crippen LogP contribution in [0.3, 0.4) is 0 Å². The van der Waals surface area contributed by atoms with Crippen LogP contribution in [0, 0.1) is 0 Å². The van der Waals surface area contributed by atoms with Crippen molar-refractivity contribution in [1.29, 1.82) is 0 Å². The Kier molecular flexibility index (Phi) is 4.93. The van der Waals surface area contributed by atoms with Gasteiger partial charge in [-0.3, -0.25) is 4.98 Å². The number of rotatable bonds is 2. The molecule has 0 saturated carbocycles. The zero-order valence-corrected chi connectivity index (χ0v) is 12.7. The van der Waals surface area contributed by atoms with Gasteiger partial charge in [0.05, 0.1) is 11.4 Å². The molecule has 2 aromatic heterocycles. The summed E-state index contributed by atoms with van der Waals surface area (Å²) in [5, 5.41) is 4.10. The first kappa shape index (κ1) is 14.7. The molecule has 0 bridgehead atoms. The van der Waals surface area contributed by atoms with Gasteiger partial charge in [0.2, 0.25) is 0 Å². The molecule has 0 N–H and O–H groups in total. The monoisotopic (exact) mass is 299 g/mol. The summed E-state index contributed by atoms with van der Waals surface area (Å²) in [4.78, 5) is 4.25. The van der Waals surface area contributed by atoms with Gasteiger partial charge in [-0.25, -0.2) is 4.68 Å². The molecule has 0 radical (unpaired) electrons. The second-order valence-corrected chi connectivity index (χ2v) is 4.87. The molecule has 2 heterocycles. The van der Waals surface area contributed by atoms with Crippen LogP contribution in [0.25, 0.3) is 16.9 Å². The van der Waals surface area contributed by atoms with Gasteiger partial charge in [0.25, 0.3) is 0 Å². The smallest absolute Gasteiger partial charge is 0.0701 e. The minimum atomic E-state index is 1.03. The standard InChI is InChI=1S/C11H9N.C9H8N2/c1-2-6-10(7-3-1)11-8-4-5-9-12-11;1-2-5-9(6-3-1)11-8-4-7-10-11/h1-9H;1-8H. The van der Waals surface area contributed by atoms with Gasteiger partial charge in [-0.15, -0.1) is 0 Å². The Morgan fingerprint density at radius 3 is 1.91 bits per heavy atom. The van der Waals surface area contributed by atoms with Crippen LogP contribution in [-0.2, 0) is 0 Å². The number of para-hydroxylation sites is 1. The Morgan fingerprint density at radius 1 is 0.609 bits per heavy atom. The van der Waals surface area contributed by atoms with E-state index in [1.54, 1.807) is 6.20 Å². The topological polar surface area (TPSA) is 30.7 Å². The lowest BCUT2D eigenvalue weighted by Gasteiger charge is -1.97. The van der Waals surface area contributed by atoms with Gasteiger partial charge in [-0.1, -0.05) is 54.6 Å². The molecule has 23 heavy (non-hydrogen) atoms. The summed E-state index contributed by atoms with van der Waals surface area (Å²) in [7, 11) is 0. The second-order valence-electron chi connectivity index (χ2n) is 4.87. The van der Waals surface area contributed by atoms with Crippen LogP contribution in [0.15, 0.2) is 104 Å². The second kappa shape index (κ2) is 7.71. The summed E-state index contributed by atoms with van der Waals surface area (Å²) >= 11 is 0. The molecular weight excluding hydrogens is 282 g/mol. The Morgan fingerprint density at radius 2 is 1.30 bits per heavy atom. The molecular formula is C20H17N3. The van der Waals surface area contributed by atoms with Gasteiger partial charge in [0.1, 0.15) is 0 Å². The van der Waals surface area contributed by atoms with E-state index in [0.717, 1.165) is 16.9 Å². The van der Waals surface area contributed by atoms with Crippen LogP contribution in [0.2, 0.25) is 0 Å². The molecule has 3 heteroatoms. The highest BCUT2D eigenvalue weighted by molar-refractivity contribution is 5.58. The molecule has 4 rings (SSSR count). The largest absolute Gasteiger partial charge is 0.256 e. The lowest BCUT2D eigenvalue weighted by molar-refractivity contribution is 0.880. The van der Waals surface area contributed by atoms with Crippen LogP contribution in [-0.4, -0.2) is 14.8 Å². The maximum Gasteiger partial charge on any atom is 0.0701 e. The maximum atomic E-state index is 4.25. The first-order valence-corrected chi connectivity index (χ1v) is 7.45. The van der Waals surface area contributed by atoms with E-state index in [1.807, 2.05) is 89.9 Å². The average Bonchev–Trinajstić information content (AvgIpc) is 3.19. The fourth-order valence-electron chi connectivity index (χ4n) is 2.14. The van der Waals surface area contributed by atoms with E-state index in [4.69, 9.17) is 0 Å². The molecule has 112 valence electrons. The van der Waals surface area contributed by atoms with Crippen molar-refractivity contribution in [3.05, 3.63) is 104 Å². The van der Waals surface area contributed by atoms with E-state index in [9.17, 15) is 0 Å². The number of aromatic nitrogens is 3. The summed E-state index contributed by atoms with van der Waals surface area (Å²) in [5.74, 6) is 0. The summed E-state index contributed by atoms with van der Waals surface area (Å²) in [6, 6.07) is 28.0. The van der Waals surface area contributed by atoms with Crippen molar-refractivity contribution in [2.24, 2.45) is 0 Å². The third-order valence-corrected chi connectivity index (χ3v) is 3.26. The molecule has 0 atom stereocenters. The predicted octanol–water partition coefficient (Wildman–Crippen LogP) is 4.62. The van der Waals surface area contributed by atoms with Gasteiger partial charge >= 0.3 is 0 Å². The van der Waals surface area contributed by atoms with Crippen LogP contribution >= 0.6 is 0 Å². The molecule has 0 fully saturated rings. The van der Waals surface area contributed by atoms with Crippen LogP contribution < -0.4 is 0 Å². The molecule has 2 aromatic carbocycles. The first-order chi connectivity index (χ1) is 11.4. The number of nitrogens with zero attached hydrogens (tertiary/aromatic N) is 3. The van der Waals surface area contributed by atoms with Crippen molar-refractivity contribution in [1.82, 2.24) is 14.8 Å². The number of hydrogen-bond acceptors (Lipinski definition) is 2. The van der Waals surface area contributed by atoms with Crippen molar-refractivity contribution in [2.45, 2.75) is 0 Å².